The van der Waals surface area contributed by atoms with Crippen molar-refractivity contribution in [3.8, 4) is 0 Å². The molecule has 7 nitrogen and oxygen atoms in total. The topological polar surface area (TPSA) is 110 Å². The van der Waals surface area contributed by atoms with Crippen molar-refractivity contribution >= 4 is 16.2 Å². The standard InChI is InChI=1S/C4H8N2O5S.Na.H/c1-11-4(5)2-6(3(4)7)12(8,9)10;;/h2,5H2,1H3,(H,8,9,10);;/q;+1;-1. The third kappa shape index (κ3) is 2.21. The summed E-state index contributed by atoms with van der Waals surface area (Å²) in [6.45, 7) is -0.360. The third-order valence-corrected chi connectivity index (χ3v) is 2.46. The van der Waals surface area contributed by atoms with Crippen molar-refractivity contribution in [2.45, 2.75) is 5.72 Å². The fourth-order valence-electron chi connectivity index (χ4n) is 0.811. The molecule has 1 atom stereocenters. The van der Waals surface area contributed by atoms with Gasteiger partial charge in [-0.2, -0.15) is 8.42 Å². The summed E-state index contributed by atoms with van der Waals surface area (Å²) in [5.41, 5.74) is 3.64. The molecule has 9 heteroatoms. The molecule has 0 bridgehead atoms. The Morgan fingerprint density at radius 2 is 2.23 bits per heavy atom. The number of amides is 1. The Balaban J connectivity index is 0. The van der Waals surface area contributed by atoms with Crippen molar-refractivity contribution in [1.82, 2.24) is 4.31 Å². The van der Waals surface area contributed by atoms with Crippen LogP contribution in [0.15, 0.2) is 0 Å². The van der Waals surface area contributed by atoms with Crippen molar-refractivity contribution in [3.05, 3.63) is 0 Å². The fourth-order valence-corrected chi connectivity index (χ4v) is 1.53. The molecule has 0 radical (unpaired) electrons. The van der Waals surface area contributed by atoms with E-state index in [-0.39, 0.29) is 41.8 Å². The molecule has 1 rings (SSSR count). The Bertz CT molecular complexity index is 322. The van der Waals surface area contributed by atoms with Gasteiger partial charge in [0.1, 0.15) is 0 Å². The number of nitrogens with two attached hydrogens (primary N) is 1. The monoisotopic (exact) mass is 220 g/mol. The largest absolute Gasteiger partial charge is 1.00 e. The van der Waals surface area contributed by atoms with Gasteiger partial charge in [-0.3, -0.25) is 15.1 Å². The molecular weight excluding hydrogens is 211 g/mol. The van der Waals surface area contributed by atoms with E-state index in [1.807, 2.05) is 0 Å². The van der Waals surface area contributed by atoms with Gasteiger partial charge in [-0.15, -0.1) is 0 Å². The smallest absolute Gasteiger partial charge is 1.00 e. The number of carbonyl (C=O) groups excluding carboxylic acids is 1. The number of β-lactam (4-membered cyclic amide) rings is 1. The van der Waals surface area contributed by atoms with Crippen LogP contribution in [-0.4, -0.2) is 42.6 Å². The molecule has 1 saturated heterocycles. The quantitative estimate of drug-likeness (QED) is 0.209. The van der Waals surface area contributed by atoms with Crippen molar-refractivity contribution < 1.29 is 53.5 Å². The second kappa shape index (κ2) is 3.81. The Morgan fingerprint density at radius 3 is 2.46 bits per heavy atom. The van der Waals surface area contributed by atoms with Gasteiger partial charge >= 0.3 is 39.9 Å². The maximum Gasteiger partial charge on any atom is 1.00 e. The van der Waals surface area contributed by atoms with Crippen LogP contribution < -0.4 is 35.3 Å². The molecule has 1 heterocycles. The van der Waals surface area contributed by atoms with Gasteiger partial charge in [0.15, 0.2) is 0 Å². The van der Waals surface area contributed by atoms with Gasteiger partial charge in [0.2, 0.25) is 5.72 Å². The summed E-state index contributed by atoms with van der Waals surface area (Å²) >= 11 is 0. The summed E-state index contributed by atoms with van der Waals surface area (Å²) in [4.78, 5) is 10.9. The average molecular weight is 220 g/mol. The number of hydrogen-bond donors (Lipinski definition) is 2. The molecule has 0 aromatic heterocycles. The number of methoxy groups -OCH3 is 1. The summed E-state index contributed by atoms with van der Waals surface area (Å²) in [5.74, 6) is -0.965. The Labute approximate surface area is 98.9 Å². The van der Waals surface area contributed by atoms with Crippen molar-refractivity contribution in [2.75, 3.05) is 13.7 Å². The van der Waals surface area contributed by atoms with Gasteiger partial charge in [0.25, 0.3) is 5.91 Å². The van der Waals surface area contributed by atoms with Crippen LogP contribution in [-0.2, 0) is 19.8 Å². The minimum Gasteiger partial charge on any atom is -1.00 e. The summed E-state index contributed by atoms with van der Waals surface area (Å²) in [7, 11) is -3.29. The summed E-state index contributed by atoms with van der Waals surface area (Å²) in [5, 5.41) is 0. The van der Waals surface area contributed by atoms with Crippen molar-refractivity contribution in [1.29, 1.82) is 0 Å². The molecule has 1 amide bonds. The van der Waals surface area contributed by atoms with Crippen molar-refractivity contribution in [3.63, 3.8) is 0 Å². The Kier molecular flexibility index (Phi) is 3.90. The SMILES string of the molecule is COC1(N)CN(S(=O)(=O)O)C1=O.[H-].[Na+]. The first-order valence-corrected chi connectivity index (χ1v) is 4.34. The number of carbonyl (C=O) groups is 1. The number of nitrogens with zero attached hydrogens (tertiary/aromatic N) is 1. The van der Waals surface area contributed by atoms with Crippen LogP contribution in [0.25, 0.3) is 0 Å². The number of rotatable bonds is 2. The summed E-state index contributed by atoms with van der Waals surface area (Å²) < 4.78 is 33.9. The molecule has 3 N–H and O–H groups in total. The Hall–Kier alpha value is 0.300. The molecule has 0 spiro atoms. The van der Waals surface area contributed by atoms with Crippen LogP contribution in [0.3, 0.4) is 0 Å². The molecule has 72 valence electrons. The molecule has 0 saturated carbocycles. The maximum atomic E-state index is 10.9. The van der Waals surface area contributed by atoms with E-state index in [9.17, 15) is 13.2 Å². The molecule has 1 aliphatic rings. The summed E-state index contributed by atoms with van der Waals surface area (Å²) in [6, 6.07) is 0. The van der Waals surface area contributed by atoms with E-state index in [0.29, 0.717) is 0 Å². The second-order valence-corrected chi connectivity index (χ2v) is 3.72. The zero-order chi connectivity index (χ0) is 9.57. The Morgan fingerprint density at radius 1 is 1.77 bits per heavy atom. The molecule has 0 aliphatic carbocycles. The molecule has 0 aromatic rings. The first kappa shape index (κ1) is 13.3. The number of hydrogen-bond acceptors (Lipinski definition) is 5. The third-order valence-electron chi connectivity index (χ3n) is 1.61. The van der Waals surface area contributed by atoms with Crippen LogP contribution in [0.1, 0.15) is 1.43 Å². The molecule has 0 aromatic carbocycles. The maximum absolute atomic E-state index is 10.9. The van der Waals surface area contributed by atoms with Crippen LogP contribution in [0.5, 0.6) is 0 Å². The van der Waals surface area contributed by atoms with Crippen LogP contribution in [0.2, 0.25) is 0 Å². The van der Waals surface area contributed by atoms with E-state index in [4.69, 9.17) is 10.3 Å². The van der Waals surface area contributed by atoms with E-state index < -0.39 is 21.9 Å². The zero-order valence-electron chi connectivity index (χ0n) is 8.22. The molecule has 1 fully saturated rings. The minimum absolute atomic E-state index is 0. The first-order valence-electron chi connectivity index (χ1n) is 2.95. The first-order chi connectivity index (χ1) is 5.31. The summed E-state index contributed by atoms with van der Waals surface area (Å²) in [6.07, 6.45) is 0. The second-order valence-electron chi connectivity index (χ2n) is 2.38. The van der Waals surface area contributed by atoms with Gasteiger partial charge in [-0.05, 0) is 0 Å². The van der Waals surface area contributed by atoms with Gasteiger partial charge in [-0.25, -0.2) is 4.31 Å². The zero-order valence-corrected chi connectivity index (χ0v) is 10.0. The van der Waals surface area contributed by atoms with E-state index in [1.54, 1.807) is 0 Å². The van der Waals surface area contributed by atoms with Gasteiger partial charge in [-0.1, -0.05) is 0 Å². The fraction of sp³-hybridized carbons (Fsp3) is 0.750. The number of ether oxygens (including phenoxy) is 1. The predicted octanol–water partition coefficient (Wildman–Crippen LogP) is -4.95. The normalized spacial score (nSPS) is 27.9. The minimum atomic E-state index is -4.47. The predicted molar refractivity (Wildman–Crippen MR) is 38.3 cm³/mol. The van der Waals surface area contributed by atoms with Crippen molar-refractivity contribution in [2.24, 2.45) is 5.73 Å². The van der Waals surface area contributed by atoms with Crippen LogP contribution in [0, 0.1) is 0 Å². The molecule has 1 unspecified atom stereocenters. The van der Waals surface area contributed by atoms with Gasteiger partial charge < -0.3 is 6.16 Å². The van der Waals surface area contributed by atoms with Gasteiger partial charge in [0.05, 0.1) is 6.54 Å². The van der Waals surface area contributed by atoms with Crippen LogP contribution in [0.4, 0.5) is 0 Å². The van der Waals surface area contributed by atoms with E-state index >= 15 is 0 Å². The molecule has 13 heavy (non-hydrogen) atoms. The average Bonchev–Trinajstić information content (AvgIpc) is 1.96. The van der Waals surface area contributed by atoms with E-state index in [0.717, 1.165) is 0 Å². The molecular formula is C4H9N2NaO5S. The molecule has 1 aliphatic heterocycles. The van der Waals surface area contributed by atoms with E-state index in [1.165, 1.54) is 7.11 Å². The van der Waals surface area contributed by atoms with Gasteiger partial charge in [0, 0.05) is 7.11 Å². The van der Waals surface area contributed by atoms with Crippen LogP contribution >= 0.6 is 0 Å². The van der Waals surface area contributed by atoms with E-state index in [2.05, 4.69) is 4.74 Å².